The topological polar surface area (TPSA) is 111 Å². The number of phenols is 1. The van der Waals surface area contributed by atoms with Crippen LogP contribution in [-0.4, -0.2) is 48.5 Å². The van der Waals surface area contributed by atoms with E-state index in [1.54, 1.807) is 36.4 Å². The Morgan fingerprint density at radius 3 is 2.39 bits per heavy atom. The van der Waals surface area contributed by atoms with Crippen LogP contribution >= 0.6 is 44.5 Å². The van der Waals surface area contributed by atoms with E-state index in [4.69, 9.17) is 14.2 Å². The second-order valence-corrected chi connectivity index (χ2v) is 8.94. The van der Waals surface area contributed by atoms with Crippen molar-refractivity contribution in [3.8, 4) is 5.75 Å². The number of hydrogen-bond acceptors (Lipinski definition) is 8. The molecule has 11 heteroatoms. The number of methoxy groups -OCH3 is 1. The van der Waals surface area contributed by atoms with Gasteiger partial charge in [0.25, 0.3) is 0 Å². The lowest BCUT2D eigenvalue weighted by molar-refractivity contribution is -0.141. The molecule has 0 spiro atoms. The van der Waals surface area contributed by atoms with Crippen LogP contribution in [0.15, 0.2) is 45.3 Å². The standard InChI is InChI=1S/C22H23Br2NO7S/c1-12(26)13-3-5-15(6-4-13)25-22(29)32-21(16-9-14(23)10-17(24)20(16)28)18(30-2)7-8-31-19(27)11-33/h3-6,9-10,18,21,28,33H,7-8,11H2,1-2H3,(H,25,29)/t18-,21-/m1/s1. The van der Waals surface area contributed by atoms with Gasteiger partial charge in [0.1, 0.15) is 11.9 Å². The highest BCUT2D eigenvalue weighted by atomic mass is 79.9. The summed E-state index contributed by atoms with van der Waals surface area (Å²) in [6.07, 6.45) is -2.42. The molecule has 0 aliphatic carbocycles. The monoisotopic (exact) mass is 603 g/mol. The summed E-state index contributed by atoms with van der Waals surface area (Å²) in [5.41, 5.74) is 1.21. The van der Waals surface area contributed by atoms with Crippen LogP contribution < -0.4 is 5.32 Å². The fourth-order valence-corrected chi connectivity index (χ4v) is 4.27. The first-order valence-electron chi connectivity index (χ1n) is 9.72. The van der Waals surface area contributed by atoms with Gasteiger partial charge in [0.05, 0.1) is 16.8 Å². The van der Waals surface area contributed by atoms with E-state index in [-0.39, 0.29) is 35.9 Å². The third-order valence-corrected chi connectivity index (χ3v) is 5.89. The number of ketones is 1. The first-order valence-corrected chi connectivity index (χ1v) is 11.9. The number of nitrogens with one attached hydrogen (secondary N) is 1. The number of esters is 1. The van der Waals surface area contributed by atoms with E-state index in [1.165, 1.54) is 14.0 Å². The molecule has 178 valence electrons. The number of ether oxygens (including phenoxy) is 3. The summed E-state index contributed by atoms with van der Waals surface area (Å²) in [6.45, 7) is 1.45. The van der Waals surface area contributed by atoms with Crippen LogP contribution in [0.1, 0.15) is 35.4 Å². The van der Waals surface area contributed by atoms with E-state index in [9.17, 15) is 19.5 Å². The summed E-state index contributed by atoms with van der Waals surface area (Å²) in [5, 5.41) is 13.2. The Balaban J connectivity index is 2.26. The van der Waals surface area contributed by atoms with Gasteiger partial charge in [-0.1, -0.05) is 15.9 Å². The summed E-state index contributed by atoms with van der Waals surface area (Å²) >= 11 is 10.5. The summed E-state index contributed by atoms with van der Waals surface area (Å²) in [6, 6.07) is 9.56. The van der Waals surface area contributed by atoms with Gasteiger partial charge in [-0.25, -0.2) is 4.79 Å². The zero-order chi connectivity index (χ0) is 24.5. The molecule has 0 unspecified atom stereocenters. The molecule has 2 aromatic carbocycles. The molecule has 0 aliphatic heterocycles. The van der Waals surface area contributed by atoms with Crippen LogP contribution in [0.5, 0.6) is 5.75 Å². The van der Waals surface area contributed by atoms with E-state index in [1.807, 2.05) is 0 Å². The number of hydrogen-bond donors (Lipinski definition) is 3. The second-order valence-electron chi connectivity index (χ2n) is 6.85. The Morgan fingerprint density at radius 2 is 1.82 bits per heavy atom. The van der Waals surface area contributed by atoms with Gasteiger partial charge in [0.15, 0.2) is 11.9 Å². The maximum Gasteiger partial charge on any atom is 0.412 e. The summed E-state index contributed by atoms with van der Waals surface area (Å²) in [7, 11) is 1.42. The molecule has 2 aromatic rings. The maximum atomic E-state index is 12.7. The van der Waals surface area contributed by atoms with Crippen LogP contribution in [0.25, 0.3) is 0 Å². The van der Waals surface area contributed by atoms with Crippen LogP contribution in [0.2, 0.25) is 0 Å². The van der Waals surface area contributed by atoms with Crippen molar-refractivity contribution in [1.29, 1.82) is 0 Å². The quantitative estimate of drug-likeness (QED) is 0.192. The minimum absolute atomic E-state index is 0.00181. The van der Waals surface area contributed by atoms with Gasteiger partial charge < -0.3 is 19.3 Å². The number of benzene rings is 2. The van der Waals surface area contributed by atoms with E-state index >= 15 is 0 Å². The van der Waals surface area contributed by atoms with Crippen LogP contribution in [-0.2, 0) is 19.0 Å². The smallest absolute Gasteiger partial charge is 0.412 e. The minimum Gasteiger partial charge on any atom is -0.506 e. The van der Waals surface area contributed by atoms with E-state index in [0.29, 0.717) is 20.2 Å². The number of Topliss-reactive ketones (excluding diaryl/α,β-unsaturated/α-hetero) is 1. The SMILES string of the molecule is CO[C@H](CCOC(=O)CS)[C@H](OC(=O)Nc1ccc(C(C)=O)cc1)c1cc(Br)cc(Br)c1O. The minimum atomic E-state index is -1.05. The molecule has 0 aromatic heterocycles. The number of amides is 1. The first-order chi connectivity index (χ1) is 15.7. The number of rotatable bonds is 10. The Kier molecular flexibility index (Phi) is 10.7. The molecule has 0 aliphatic rings. The van der Waals surface area contributed by atoms with Crippen LogP contribution in [0.4, 0.5) is 10.5 Å². The predicted octanol–water partition coefficient (Wildman–Crippen LogP) is 5.29. The second kappa shape index (κ2) is 13.0. The molecule has 2 rings (SSSR count). The van der Waals surface area contributed by atoms with Gasteiger partial charge in [-0.15, -0.1) is 0 Å². The van der Waals surface area contributed by atoms with E-state index < -0.39 is 24.3 Å². The number of carbonyl (C=O) groups excluding carboxylic acids is 3. The average Bonchev–Trinajstić information content (AvgIpc) is 2.78. The zero-order valence-electron chi connectivity index (χ0n) is 17.8. The molecular weight excluding hydrogens is 582 g/mol. The molecule has 0 bridgehead atoms. The van der Waals surface area contributed by atoms with Gasteiger partial charge >= 0.3 is 12.1 Å². The fourth-order valence-electron chi connectivity index (χ4n) is 2.92. The Hall–Kier alpha value is -2.08. The van der Waals surface area contributed by atoms with Crippen LogP contribution in [0.3, 0.4) is 0 Å². The highest BCUT2D eigenvalue weighted by Gasteiger charge is 2.31. The van der Waals surface area contributed by atoms with Crippen molar-refractivity contribution in [2.75, 3.05) is 24.8 Å². The Labute approximate surface area is 213 Å². The number of phenolic OH excluding ortho intramolecular Hbond substituents is 1. The molecule has 1 amide bonds. The lowest BCUT2D eigenvalue weighted by atomic mass is 10.0. The van der Waals surface area contributed by atoms with Crippen molar-refractivity contribution in [3.05, 3.63) is 56.5 Å². The van der Waals surface area contributed by atoms with Gasteiger partial charge in [-0.2, -0.15) is 12.6 Å². The van der Waals surface area contributed by atoms with Crippen LogP contribution in [0, 0.1) is 0 Å². The predicted molar refractivity (Wildman–Crippen MR) is 133 cm³/mol. The van der Waals surface area contributed by atoms with E-state index in [2.05, 4.69) is 49.8 Å². The summed E-state index contributed by atoms with van der Waals surface area (Å²) in [5.74, 6) is -0.787. The fraction of sp³-hybridized carbons (Fsp3) is 0.318. The zero-order valence-corrected chi connectivity index (χ0v) is 21.9. The molecule has 8 nitrogen and oxygen atoms in total. The molecule has 0 radical (unpaired) electrons. The summed E-state index contributed by atoms with van der Waals surface area (Å²) in [4.78, 5) is 35.5. The van der Waals surface area contributed by atoms with Gasteiger partial charge in [-0.05, 0) is 59.3 Å². The molecule has 2 N–H and O–H groups in total. The molecule has 0 saturated carbocycles. The Morgan fingerprint density at radius 1 is 1.15 bits per heavy atom. The number of aromatic hydroxyl groups is 1. The van der Waals surface area contributed by atoms with Crippen molar-refractivity contribution in [3.63, 3.8) is 0 Å². The van der Waals surface area contributed by atoms with Gasteiger partial charge in [0, 0.05) is 34.8 Å². The third-order valence-electron chi connectivity index (χ3n) is 4.57. The maximum absolute atomic E-state index is 12.7. The average molecular weight is 605 g/mol. The molecule has 33 heavy (non-hydrogen) atoms. The van der Waals surface area contributed by atoms with Gasteiger partial charge in [0.2, 0.25) is 0 Å². The molecule has 0 heterocycles. The van der Waals surface area contributed by atoms with Crippen molar-refractivity contribution in [2.24, 2.45) is 0 Å². The molecule has 2 atom stereocenters. The first kappa shape index (κ1) is 27.2. The number of anilines is 1. The summed E-state index contributed by atoms with van der Waals surface area (Å²) < 4.78 is 17.2. The van der Waals surface area contributed by atoms with Crippen molar-refractivity contribution >= 4 is 68.0 Å². The number of carbonyl (C=O) groups is 3. The normalized spacial score (nSPS) is 12.5. The third kappa shape index (κ3) is 8.02. The molecule has 0 fully saturated rings. The molecule has 0 saturated heterocycles. The number of halogens is 2. The highest BCUT2D eigenvalue weighted by molar-refractivity contribution is 9.11. The van der Waals surface area contributed by atoms with Crippen molar-refractivity contribution < 1.29 is 33.7 Å². The van der Waals surface area contributed by atoms with Gasteiger partial charge in [-0.3, -0.25) is 14.9 Å². The van der Waals surface area contributed by atoms with E-state index in [0.717, 1.165) is 0 Å². The molecular formula is C22H23Br2NO7S. The Bertz CT molecular complexity index is 1000. The number of thiol groups is 1. The van der Waals surface area contributed by atoms with Crippen molar-refractivity contribution in [1.82, 2.24) is 0 Å². The largest absolute Gasteiger partial charge is 0.506 e. The highest BCUT2D eigenvalue weighted by Crippen LogP contribution is 2.39. The lowest BCUT2D eigenvalue weighted by Gasteiger charge is -2.27. The lowest BCUT2D eigenvalue weighted by Crippen LogP contribution is -2.29. The van der Waals surface area contributed by atoms with Crippen molar-refractivity contribution in [2.45, 2.75) is 25.6 Å².